The number of furan rings is 1. The van der Waals surface area contributed by atoms with Crippen molar-refractivity contribution in [2.45, 2.75) is 0 Å². The van der Waals surface area contributed by atoms with Crippen molar-refractivity contribution in [3.8, 4) is 50.2 Å². The first kappa shape index (κ1) is 36.5. The molecule has 10 aromatic carbocycles. The predicted octanol–water partition coefficient (Wildman–Crippen LogP) is 16.8. The van der Waals surface area contributed by atoms with Crippen LogP contribution in [0.4, 0.5) is 17.1 Å². The monoisotopic (exact) mass is 804 g/mol. The van der Waals surface area contributed by atoms with Gasteiger partial charge < -0.3 is 13.9 Å². The van der Waals surface area contributed by atoms with Gasteiger partial charge in [-0.15, -0.1) is 0 Å². The van der Waals surface area contributed by atoms with E-state index in [1.165, 1.54) is 32.9 Å². The highest BCUT2D eigenvalue weighted by Crippen LogP contribution is 2.44. The van der Waals surface area contributed by atoms with Gasteiger partial charge in [-0.2, -0.15) is 0 Å². The molecule has 0 aliphatic heterocycles. The summed E-state index contributed by atoms with van der Waals surface area (Å²) < 4.78 is 8.81. The fourth-order valence-corrected chi connectivity index (χ4v) is 9.48. The first-order valence-corrected chi connectivity index (χ1v) is 21.5. The van der Waals surface area contributed by atoms with Crippen molar-refractivity contribution in [2.75, 3.05) is 4.90 Å². The fraction of sp³-hybridized carbons (Fsp3) is 0. The number of fused-ring (bicyclic) bond motifs is 6. The van der Waals surface area contributed by atoms with Crippen LogP contribution in [0.1, 0.15) is 0 Å². The molecule has 2 heterocycles. The van der Waals surface area contributed by atoms with E-state index in [1.807, 2.05) is 12.1 Å². The topological polar surface area (TPSA) is 21.3 Å². The standard InChI is InChI=1S/C60H40N2O/c1-2-16-42(17-3-1)48-20-4-9-27-55(48)61(46-38-36-43(37-39-46)49-21-5-10-28-56(49)62-57-29-11-6-22-51(57)52-23-7-12-30-58(52)62)47-19-14-18-45(40-47)41-32-34-44(35-33-41)50-25-15-26-54-53-24-8-13-31-59(53)63-60(50)54/h1-40H. The number of aromatic nitrogens is 1. The molecule has 0 spiro atoms. The Morgan fingerprint density at radius 2 is 0.841 bits per heavy atom. The summed E-state index contributed by atoms with van der Waals surface area (Å²) in [5.41, 5.74) is 17.8. The van der Waals surface area contributed by atoms with Gasteiger partial charge in [0, 0.05) is 49.6 Å². The Morgan fingerprint density at radius 3 is 1.62 bits per heavy atom. The first-order valence-electron chi connectivity index (χ1n) is 21.5. The summed E-state index contributed by atoms with van der Waals surface area (Å²) in [6.45, 7) is 0. The summed E-state index contributed by atoms with van der Waals surface area (Å²) in [6, 6.07) is 87.1. The van der Waals surface area contributed by atoms with Gasteiger partial charge in [0.2, 0.25) is 0 Å². The Labute approximate surface area is 366 Å². The summed E-state index contributed by atoms with van der Waals surface area (Å²) in [7, 11) is 0. The van der Waals surface area contributed by atoms with E-state index in [-0.39, 0.29) is 0 Å². The zero-order valence-corrected chi connectivity index (χ0v) is 34.4. The Kier molecular flexibility index (Phi) is 8.83. The third-order valence-corrected chi connectivity index (χ3v) is 12.4. The molecule has 3 heteroatoms. The lowest BCUT2D eigenvalue weighted by atomic mass is 9.98. The normalized spacial score (nSPS) is 11.5. The molecular formula is C60H40N2O. The second-order valence-corrected chi connectivity index (χ2v) is 16.1. The van der Waals surface area contributed by atoms with E-state index >= 15 is 0 Å². The van der Waals surface area contributed by atoms with Crippen molar-refractivity contribution in [3.63, 3.8) is 0 Å². The van der Waals surface area contributed by atoms with Gasteiger partial charge in [0.15, 0.2) is 0 Å². The summed E-state index contributed by atoms with van der Waals surface area (Å²) in [6.07, 6.45) is 0. The second kappa shape index (κ2) is 15.3. The van der Waals surface area contributed by atoms with Gasteiger partial charge in [-0.25, -0.2) is 0 Å². The number of hydrogen-bond acceptors (Lipinski definition) is 2. The minimum absolute atomic E-state index is 0.908. The minimum atomic E-state index is 0.908. The number of anilines is 3. The molecule has 0 saturated carbocycles. The van der Waals surface area contributed by atoms with Crippen LogP contribution in [0.5, 0.6) is 0 Å². The first-order chi connectivity index (χ1) is 31.3. The van der Waals surface area contributed by atoms with Crippen LogP contribution in [0.2, 0.25) is 0 Å². The quantitative estimate of drug-likeness (QED) is 0.153. The molecule has 3 nitrogen and oxygen atoms in total. The summed E-state index contributed by atoms with van der Waals surface area (Å²) in [5, 5.41) is 4.78. The minimum Gasteiger partial charge on any atom is -0.455 e. The lowest BCUT2D eigenvalue weighted by molar-refractivity contribution is 0.670. The molecule has 0 aliphatic rings. The zero-order chi connectivity index (χ0) is 41.7. The highest BCUT2D eigenvalue weighted by Gasteiger charge is 2.20. The Hall–Kier alpha value is -8.40. The number of benzene rings is 10. The van der Waals surface area contributed by atoms with Crippen molar-refractivity contribution >= 4 is 60.8 Å². The van der Waals surface area contributed by atoms with Crippen molar-refractivity contribution in [2.24, 2.45) is 0 Å². The molecule has 0 fully saturated rings. The maximum absolute atomic E-state index is 6.40. The van der Waals surface area contributed by atoms with E-state index in [9.17, 15) is 0 Å². The summed E-state index contributed by atoms with van der Waals surface area (Å²) in [5.74, 6) is 0. The van der Waals surface area contributed by atoms with Gasteiger partial charge in [-0.1, -0.05) is 188 Å². The van der Waals surface area contributed by atoms with Crippen LogP contribution < -0.4 is 4.90 Å². The number of nitrogens with zero attached hydrogens (tertiary/aromatic N) is 2. The average molecular weight is 805 g/mol. The van der Waals surface area contributed by atoms with Crippen LogP contribution in [0.25, 0.3) is 93.9 Å². The summed E-state index contributed by atoms with van der Waals surface area (Å²) >= 11 is 0. The van der Waals surface area contributed by atoms with Crippen molar-refractivity contribution in [3.05, 3.63) is 243 Å². The van der Waals surface area contributed by atoms with E-state index in [1.54, 1.807) is 0 Å². The van der Waals surface area contributed by atoms with Crippen LogP contribution >= 0.6 is 0 Å². The molecule has 0 aliphatic carbocycles. The van der Waals surface area contributed by atoms with E-state index in [4.69, 9.17) is 4.42 Å². The average Bonchev–Trinajstić information content (AvgIpc) is 3.91. The maximum atomic E-state index is 6.40. The van der Waals surface area contributed by atoms with Crippen molar-refractivity contribution < 1.29 is 4.42 Å². The molecule has 12 aromatic rings. The van der Waals surface area contributed by atoms with E-state index in [2.05, 4.69) is 240 Å². The molecule has 0 radical (unpaired) electrons. The summed E-state index contributed by atoms with van der Waals surface area (Å²) in [4.78, 5) is 2.39. The van der Waals surface area contributed by atoms with Crippen LogP contribution in [0.3, 0.4) is 0 Å². The SMILES string of the molecule is c1ccc(-c2ccccc2N(c2ccc(-c3ccccc3-n3c4ccccc4c4ccccc43)cc2)c2cccc(-c3ccc(-c4cccc5c4oc4ccccc45)cc3)c2)cc1. The zero-order valence-electron chi connectivity index (χ0n) is 34.4. The van der Waals surface area contributed by atoms with Crippen LogP contribution in [0, 0.1) is 0 Å². The molecule has 12 rings (SSSR count). The van der Waals surface area contributed by atoms with E-state index in [0.717, 1.165) is 78.1 Å². The number of rotatable bonds is 8. The van der Waals surface area contributed by atoms with Gasteiger partial charge in [0.1, 0.15) is 11.2 Å². The van der Waals surface area contributed by atoms with Crippen LogP contribution in [0.15, 0.2) is 247 Å². The number of hydrogen-bond donors (Lipinski definition) is 0. The number of para-hydroxylation sites is 6. The third-order valence-electron chi connectivity index (χ3n) is 12.4. The molecule has 0 unspecified atom stereocenters. The molecule has 63 heavy (non-hydrogen) atoms. The van der Waals surface area contributed by atoms with Gasteiger partial charge in [0.05, 0.1) is 22.4 Å². The van der Waals surface area contributed by atoms with Crippen molar-refractivity contribution in [1.82, 2.24) is 4.57 Å². The third kappa shape index (κ3) is 6.29. The van der Waals surface area contributed by atoms with Crippen LogP contribution in [-0.2, 0) is 0 Å². The van der Waals surface area contributed by atoms with E-state index < -0.39 is 0 Å². The van der Waals surface area contributed by atoms with E-state index in [0.29, 0.717) is 0 Å². The molecule has 296 valence electrons. The van der Waals surface area contributed by atoms with Crippen LogP contribution in [-0.4, -0.2) is 4.57 Å². The van der Waals surface area contributed by atoms with Gasteiger partial charge in [-0.3, -0.25) is 0 Å². The Balaban J connectivity index is 0.952. The molecule has 2 aromatic heterocycles. The van der Waals surface area contributed by atoms with Gasteiger partial charge >= 0.3 is 0 Å². The smallest absolute Gasteiger partial charge is 0.143 e. The highest BCUT2D eigenvalue weighted by molar-refractivity contribution is 6.11. The van der Waals surface area contributed by atoms with Gasteiger partial charge in [0.25, 0.3) is 0 Å². The van der Waals surface area contributed by atoms with Gasteiger partial charge in [-0.05, 0) is 82.4 Å². The molecule has 0 atom stereocenters. The predicted molar refractivity (Wildman–Crippen MR) is 264 cm³/mol. The molecular weight excluding hydrogens is 765 g/mol. The largest absolute Gasteiger partial charge is 0.455 e. The Bertz CT molecular complexity index is 3560. The highest BCUT2D eigenvalue weighted by atomic mass is 16.3. The molecule has 0 amide bonds. The Morgan fingerprint density at radius 1 is 0.317 bits per heavy atom. The lowest BCUT2D eigenvalue weighted by Gasteiger charge is -2.28. The molecule has 0 N–H and O–H groups in total. The molecule has 0 saturated heterocycles. The fourth-order valence-electron chi connectivity index (χ4n) is 9.48. The second-order valence-electron chi connectivity index (χ2n) is 16.1. The lowest BCUT2D eigenvalue weighted by Crippen LogP contribution is -2.11. The molecule has 0 bridgehead atoms. The van der Waals surface area contributed by atoms with Crippen molar-refractivity contribution in [1.29, 1.82) is 0 Å². The maximum Gasteiger partial charge on any atom is 0.143 e.